The topological polar surface area (TPSA) is 18.5 Å². The summed E-state index contributed by atoms with van der Waals surface area (Å²) in [6, 6.07) is 0. The predicted octanol–water partition coefficient (Wildman–Crippen LogP) is 8.43. The lowest BCUT2D eigenvalue weighted by molar-refractivity contribution is -0.111. The molecule has 0 spiro atoms. The van der Waals surface area contributed by atoms with Gasteiger partial charge in [-0.05, 0) is 12.3 Å². The standard InChI is InChI=1S/C25H50O2/c1-3-4-5-6-7-8-9-10-11-12-13-14-15-16-17-18-19-20-21-26-25-22-24(2)23-27-25/h24-25H,3-23H2,1-2H3. The summed E-state index contributed by atoms with van der Waals surface area (Å²) in [5.74, 6) is 0.676. The largest absolute Gasteiger partial charge is 0.353 e. The van der Waals surface area contributed by atoms with E-state index in [-0.39, 0.29) is 6.29 Å². The molecule has 0 aliphatic carbocycles. The van der Waals surface area contributed by atoms with Crippen molar-refractivity contribution in [3.05, 3.63) is 0 Å². The van der Waals surface area contributed by atoms with Crippen molar-refractivity contribution in [3.8, 4) is 0 Å². The maximum Gasteiger partial charge on any atom is 0.157 e. The fourth-order valence-electron chi connectivity index (χ4n) is 4.07. The molecular weight excluding hydrogens is 332 g/mol. The highest BCUT2D eigenvalue weighted by Gasteiger charge is 2.21. The van der Waals surface area contributed by atoms with Crippen molar-refractivity contribution in [2.75, 3.05) is 13.2 Å². The lowest BCUT2D eigenvalue weighted by Gasteiger charge is -2.10. The Hall–Kier alpha value is -0.0800. The minimum absolute atomic E-state index is 0.0887. The van der Waals surface area contributed by atoms with Crippen LogP contribution in [0.25, 0.3) is 0 Å². The van der Waals surface area contributed by atoms with Crippen molar-refractivity contribution in [2.45, 2.75) is 142 Å². The molecule has 0 aromatic rings. The van der Waals surface area contributed by atoms with Crippen molar-refractivity contribution in [1.82, 2.24) is 0 Å². The van der Waals surface area contributed by atoms with Crippen molar-refractivity contribution in [1.29, 1.82) is 0 Å². The first kappa shape index (κ1) is 25.0. The van der Waals surface area contributed by atoms with Gasteiger partial charge in [0.1, 0.15) is 0 Å². The first-order valence-corrected chi connectivity index (χ1v) is 12.6. The Bertz CT molecular complexity index is 292. The van der Waals surface area contributed by atoms with Crippen LogP contribution in [0.5, 0.6) is 0 Å². The zero-order valence-electron chi connectivity index (χ0n) is 18.8. The SMILES string of the molecule is CCCCCCCCCCCCCCCCCCCCOC1CC(C)CO1. The predicted molar refractivity (Wildman–Crippen MR) is 118 cm³/mol. The monoisotopic (exact) mass is 382 g/mol. The average Bonchev–Trinajstić information content (AvgIpc) is 3.09. The van der Waals surface area contributed by atoms with E-state index in [2.05, 4.69) is 13.8 Å². The molecule has 0 amide bonds. The first-order valence-electron chi connectivity index (χ1n) is 12.6. The highest BCUT2D eigenvalue weighted by molar-refractivity contribution is 4.62. The zero-order valence-corrected chi connectivity index (χ0v) is 18.8. The van der Waals surface area contributed by atoms with Crippen LogP contribution >= 0.6 is 0 Å². The minimum atomic E-state index is 0.0887. The summed E-state index contributed by atoms with van der Waals surface area (Å²) in [5, 5.41) is 0. The van der Waals surface area contributed by atoms with Gasteiger partial charge in [0.05, 0.1) is 6.61 Å². The number of hydrogen-bond acceptors (Lipinski definition) is 2. The van der Waals surface area contributed by atoms with Gasteiger partial charge in [0, 0.05) is 13.0 Å². The smallest absolute Gasteiger partial charge is 0.157 e. The van der Waals surface area contributed by atoms with E-state index in [0.717, 1.165) is 19.6 Å². The molecule has 1 fully saturated rings. The molecule has 1 aliphatic heterocycles. The van der Waals surface area contributed by atoms with Gasteiger partial charge in [-0.15, -0.1) is 0 Å². The van der Waals surface area contributed by atoms with E-state index in [1.54, 1.807) is 0 Å². The van der Waals surface area contributed by atoms with Crippen LogP contribution < -0.4 is 0 Å². The Kier molecular flexibility index (Phi) is 17.8. The summed E-state index contributed by atoms with van der Waals surface area (Å²) in [4.78, 5) is 0. The molecule has 2 unspecified atom stereocenters. The fraction of sp³-hybridized carbons (Fsp3) is 1.00. The van der Waals surface area contributed by atoms with Crippen molar-refractivity contribution >= 4 is 0 Å². The summed E-state index contributed by atoms with van der Waals surface area (Å²) in [6.45, 7) is 6.30. The van der Waals surface area contributed by atoms with Gasteiger partial charge >= 0.3 is 0 Å². The zero-order chi connectivity index (χ0) is 19.4. The maximum atomic E-state index is 5.78. The third kappa shape index (κ3) is 16.6. The second-order valence-electron chi connectivity index (χ2n) is 8.98. The van der Waals surface area contributed by atoms with Gasteiger partial charge in [0.25, 0.3) is 0 Å². The van der Waals surface area contributed by atoms with Gasteiger partial charge in [-0.1, -0.05) is 123 Å². The van der Waals surface area contributed by atoms with Crippen LogP contribution in [0.3, 0.4) is 0 Å². The lowest BCUT2D eigenvalue weighted by Crippen LogP contribution is -2.11. The Morgan fingerprint density at radius 2 is 1.04 bits per heavy atom. The van der Waals surface area contributed by atoms with Crippen LogP contribution in [0.1, 0.15) is 136 Å². The molecule has 0 bridgehead atoms. The van der Waals surface area contributed by atoms with E-state index >= 15 is 0 Å². The Morgan fingerprint density at radius 3 is 1.41 bits per heavy atom. The van der Waals surface area contributed by atoms with Gasteiger partial charge in [-0.3, -0.25) is 0 Å². The lowest BCUT2D eigenvalue weighted by atomic mass is 10.0. The normalized spacial score (nSPS) is 19.8. The second kappa shape index (κ2) is 19.2. The minimum Gasteiger partial charge on any atom is -0.353 e. The van der Waals surface area contributed by atoms with Gasteiger partial charge in [0.15, 0.2) is 6.29 Å². The number of unbranched alkanes of at least 4 members (excludes halogenated alkanes) is 17. The van der Waals surface area contributed by atoms with E-state index in [1.807, 2.05) is 0 Å². The molecule has 1 heterocycles. The van der Waals surface area contributed by atoms with Gasteiger partial charge in [0.2, 0.25) is 0 Å². The summed E-state index contributed by atoms with van der Waals surface area (Å²) in [6.07, 6.45) is 26.8. The fourth-order valence-corrected chi connectivity index (χ4v) is 4.07. The Morgan fingerprint density at radius 1 is 0.630 bits per heavy atom. The molecule has 2 nitrogen and oxygen atoms in total. The van der Waals surface area contributed by atoms with Gasteiger partial charge in [-0.25, -0.2) is 0 Å². The molecule has 0 N–H and O–H groups in total. The molecule has 0 saturated carbocycles. The highest BCUT2D eigenvalue weighted by Crippen LogP contribution is 2.20. The molecule has 2 atom stereocenters. The van der Waals surface area contributed by atoms with E-state index < -0.39 is 0 Å². The number of hydrogen-bond donors (Lipinski definition) is 0. The average molecular weight is 383 g/mol. The van der Waals surface area contributed by atoms with Crippen LogP contribution in [0.15, 0.2) is 0 Å². The molecule has 2 heteroatoms. The van der Waals surface area contributed by atoms with Crippen molar-refractivity contribution in [2.24, 2.45) is 5.92 Å². The van der Waals surface area contributed by atoms with E-state index in [1.165, 1.54) is 116 Å². The van der Waals surface area contributed by atoms with Crippen molar-refractivity contribution in [3.63, 3.8) is 0 Å². The van der Waals surface area contributed by atoms with Crippen molar-refractivity contribution < 1.29 is 9.47 Å². The quantitative estimate of drug-likeness (QED) is 0.197. The van der Waals surface area contributed by atoms with E-state index in [0.29, 0.717) is 5.92 Å². The van der Waals surface area contributed by atoms with Crippen LogP contribution in [0, 0.1) is 5.92 Å². The molecule has 1 rings (SSSR count). The highest BCUT2D eigenvalue weighted by atomic mass is 16.7. The molecule has 0 aromatic carbocycles. The molecule has 0 aromatic heterocycles. The van der Waals surface area contributed by atoms with E-state index in [9.17, 15) is 0 Å². The Balaban J connectivity index is 1.64. The molecular formula is C25H50O2. The van der Waals surface area contributed by atoms with Crippen LogP contribution in [0.2, 0.25) is 0 Å². The summed E-state index contributed by atoms with van der Waals surface area (Å²) in [7, 11) is 0. The molecule has 0 radical (unpaired) electrons. The van der Waals surface area contributed by atoms with Gasteiger partial charge < -0.3 is 9.47 Å². The second-order valence-corrected chi connectivity index (χ2v) is 8.98. The molecule has 1 saturated heterocycles. The third-order valence-corrected chi connectivity index (χ3v) is 5.96. The first-order chi connectivity index (χ1) is 13.3. The van der Waals surface area contributed by atoms with Crippen LogP contribution in [-0.4, -0.2) is 19.5 Å². The van der Waals surface area contributed by atoms with E-state index in [4.69, 9.17) is 9.47 Å². The summed E-state index contributed by atoms with van der Waals surface area (Å²) in [5.41, 5.74) is 0. The number of rotatable bonds is 20. The van der Waals surface area contributed by atoms with Gasteiger partial charge in [-0.2, -0.15) is 0 Å². The van der Waals surface area contributed by atoms with Crippen LogP contribution in [-0.2, 0) is 9.47 Å². The summed E-state index contributed by atoms with van der Waals surface area (Å²) < 4.78 is 11.4. The molecule has 27 heavy (non-hydrogen) atoms. The summed E-state index contributed by atoms with van der Waals surface area (Å²) >= 11 is 0. The molecule has 162 valence electrons. The maximum absolute atomic E-state index is 5.78. The third-order valence-electron chi connectivity index (χ3n) is 5.96. The Labute approximate surface area is 171 Å². The van der Waals surface area contributed by atoms with Crippen LogP contribution in [0.4, 0.5) is 0 Å². The molecule has 1 aliphatic rings. The number of ether oxygens (including phenoxy) is 2.